The van der Waals surface area contributed by atoms with Crippen LogP contribution in [0.2, 0.25) is 0 Å². The summed E-state index contributed by atoms with van der Waals surface area (Å²) in [6.45, 7) is 1.82. The van der Waals surface area contributed by atoms with Crippen LogP contribution >= 0.6 is 0 Å². The summed E-state index contributed by atoms with van der Waals surface area (Å²) in [6, 6.07) is 4.84. The Balaban J connectivity index is 1.22. The number of aryl methyl sites for hydroxylation is 1. The molecule has 0 aromatic carbocycles. The van der Waals surface area contributed by atoms with E-state index in [9.17, 15) is 9.59 Å². The fourth-order valence-corrected chi connectivity index (χ4v) is 7.27. The van der Waals surface area contributed by atoms with Gasteiger partial charge in [0.2, 0.25) is 0 Å². The molecule has 2 aliphatic carbocycles. The second-order valence-electron chi connectivity index (χ2n) is 12.0. The van der Waals surface area contributed by atoms with Crippen LogP contribution < -0.4 is 5.32 Å². The SMILES string of the molecule is COC1CCC2C(C1)OC1C(NCCCn3ccnc3)C(F)CC3C(=O)C(C(=O)N(C)CCc4ccccn4)=CN2C31. The van der Waals surface area contributed by atoms with Crippen LogP contribution in [0.3, 0.4) is 0 Å². The monoisotopic (exact) mass is 580 g/mol. The number of rotatable bonds is 10. The fraction of sp³-hybridized carbons (Fsp3) is 0.613. The first-order valence-corrected chi connectivity index (χ1v) is 15.1. The molecule has 2 aromatic rings. The molecule has 1 N–H and O–H groups in total. The van der Waals surface area contributed by atoms with Gasteiger partial charge in [-0.3, -0.25) is 14.6 Å². The number of pyridine rings is 1. The number of hydrogen-bond acceptors (Lipinski definition) is 8. The maximum absolute atomic E-state index is 16.0. The van der Waals surface area contributed by atoms with E-state index in [0.717, 1.165) is 31.5 Å². The van der Waals surface area contributed by atoms with Crippen LogP contribution in [0.5, 0.6) is 0 Å². The number of ketones is 1. The maximum Gasteiger partial charge on any atom is 0.258 e. The number of fused-ring (bicyclic) bond motifs is 2. The molecule has 6 rings (SSSR count). The highest BCUT2D eigenvalue weighted by atomic mass is 19.1. The van der Waals surface area contributed by atoms with Crippen molar-refractivity contribution in [1.29, 1.82) is 0 Å². The van der Waals surface area contributed by atoms with Gasteiger partial charge in [-0.1, -0.05) is 6.07 Å². The average Bonchev–Trinajstić information content (AvgIpc) is 3.54. The number of amides is 1. The molecular formula is C31H41FN6O4. The molecule has 3 fully saturated rings. The Labute approximate surface area is 246 Å². The molecule has 0 radical (unpaired) electrons. The molecule has 2 aliphatic heterocycles. The van der Waals surface area contributed by atoms with Gasteiger partial charge in [0.1, 0.15) is 6.17 Å². The smallest absolute Gasteiger partial charge is 0.258 e. The third kappa shape index (κ3) is 5.74. The first-order valence-electron chi connectivity index (χ1n) is 15.1. The summed E-state index contributed by atoms with van der Waals surface area (Å²) in [5.41, 5.74) is 1.03. The predicted molar refractivity (Wildman–Crippen MR) is 153 cm³/mol. The van der Waals surface area contributed by atoms with Crippen molar-refractivity contribution in [2.24, 2.45) is 5.92 Å². The molecule has 226 valence electrons. The van der Waals surface area contributed by atoms with Crippen LogP contribution in [0.15, 0.2) is 54.9 Å². The molecule has 1 saturated heterocycles. The zero-order chi connectivity index (χ0) is 29.2. The number of likely N-dealkylation sites (N-methyl/N-ethyl adjacent to an activating group) is 1. The van der Waals surface area contributed by atoms with E-state index in [4.69, 9.17) is 9.47 Å². The van der Waals surface area contributed by atoms with E-state index in [-0.39, 0.29) is 48.0 Å². The number of nitrogens with zero attached hydrogens (tertiary/aromatic N) is 5. The number of ether oxygens (including phenoxy) is 2. The van der Waals surface area contributed by atoms with E-state index in [2.05, 4.69) is 20.2 Å². The lowest BCUT2D eigenvalue weighted by molar-refractivity contribution is -0.206. The number of Topliss-reactive ketones (excluding diaryl/α,β-unsaturated/α-hetero) is 1. The third-order valence-electron chi connectivity index (χ3n) is 9.49. The van der Waals surface area contributed by atoms with Crippen LogP contribution in [0.1, 0.15) is 37.8 Å². The minimum Gasteiger partial charge on any atom is -0.381 e. The van der Waals surface area contributed by atoms with Crippen LogP contribution in [-0.4, -0.2) is 106 Å². The molecule has 0 spiro atoms. The Morgan fingerprint density at radius 3 is 2.90 bits per heavy atom. The molecule has 11 heteroatoms. The van der Waals surface area contributed by atoms with Crippen molar-refractivity contribution in [2.45, 2.75) is 87.7 Å². The van der Waals surface area contributed by atoms with Gasteiger partial charge in [-0.2, -0.15) is 0 Å². The van der Waals surface area contributed by atoms with E-state index >= 15 is 4.39 Å². The minimum atomic E-state index is -1.27. The first-order chi connectivity index (χ1) is 20.4. The van der Waals surface area contributed by atoms with Crippen molar-refractivity contribution >= 4 is 11.7 Å². The second kappa shape index (κ2) is 12.6. The van der Waals surface area contributed by atoms with Gasteiger partial charge in [-0.25, -0.2) is 9.37 Å². The topological polar surface area (TPSA) is 102 Å². The summed E-state index contributed by atoms with van der Waals surface area (Å²) in [6.07, 6.45) is 10.9. The van der Waals surface area contributed by atoms with Crippen LogP contribution in [-0.2, 0) is 32.0 Å². The van der Waals surface area contributed by atoms with E-state index in [1.165, 1.54) is 0 Å². The van der Waals surface area contributed by atoms with Crippen molar-refractivity contribution in [1.82, 2.24) is 29.7 Å². The Morgan fingerprint density at radius 2 is 2.14 bits per heavy atom. The summed E-state index contributed by atoms with van der Waals surface area (Å²) in [5, 5.41) is 3.44. The van der Waals surface area contributed by atoms with E-state index in [1.54, 1.807) is 44.0 Å². The largest absolute Gasteiger partial charge is 0.381 e. The highest BCUT2D eigenvalue weighted by molar-refractivity contribution is 6.20. The predicted octanol–water partition coefficient (Wildman–Crippen LogP) is 2.16. The Kier molecular flexibility index (Phi) is 8.69. The number of alkyl halides is 1. The maximum atomic E-state index is 16.0. The van der Waals surface area contributed by atoms with Gasteiger partial charge >= 0.3 is 0 Å². The molecule has 1 amide bonds. The zero-order valence-electron chi connectivity index (χ0n) is 24.3. The van der Waals surface area contributed by atoms with Crippen molar-refractivity contribution in [3.05, 3.63) is 60.6 Å². The van der Waals surface area contributed by atoms with Gasteiger partial charge in [0.05, 0.1) is 48.3 Å². The highest BCUT2D eigenvalue weighted by Gasteiger charge is 2.59. The Bertz CT molecular complexity index is 1260. The molecule has 0 bridgehead atoms. The molecule has 4 heterocycles. The van der Waals surface area contributed by atoms with Crippen LogP contribution in [0.25, 0.3) is 0 Å². The Hall–Kier alpha value is -3.15. The van der Waals surface area contributed by atoms with Crippen molar-refractivity contribution in [2.75, 3.05) is 27.2 Å². The Morgan fingerprint density at radius 1 is 1.26 bits per heavy atom. The standard InChI is InChI=1S/C31H41FN6O4/c1-36(14-9-20-6-3-4-10-34-20)31(40)23-18-38-25-8-7-21(41-2)16-26(25)42-30-27(24(32)17-22(28(30)38)29(23)39)35-11-5-13-37-15-12-33-19-37/h3-4,6,10,12,15,18-19,21-22,24-28,30,35H,5,7-9,11,13-14,16-17H2,1-2H3. The van der Waals surface area contributed by atoms with Gasteiger partial charge < -0.3 is 29.2 Å². The van der Waals surface area contributed by atoms with E-state index < -0.39 is 24.2 Å². The summed E-state index contributed by atoms with van der Waals surface area (Å²) in [5.74, 6) is -1.23. The lowest BCUT2D eigenvalue weighted by Crippen LogP contribution is -2.73. The number of nitrogens with one attached hydrogen (secondary N) is 1. The quantitative estimate of drug-likeness (QED) is 0.337. The highest BCUT2D eigenvalue weighted by Crippen LogP contribution is 2.46. The zero-order valence-corrected chi connectivity index (χ0v) is 24.3. The summed E-state index contributed by atoms with van der Waals surface area (Å²) < 4.78 is 30.4. The van der Waals surface area contributed by atoms with Gasteiger partial charge in [0.15, 0.2) is 5.78 Å². The number of carbonyl (C=O) groups excluding carboxylic acids is 2. The average molecular weight is 581 g/mol. The van der Waals surface area contributed by atoms with Gasteiger partial charge in [-0.05, 0) is 44.4 Å². The number of morpholine rings is 1. The number of halogens is 1. The molecule has 42 heavy (non-hydrogen) atoms. The minimum absolute atomic E-state index is 0.00734. The molecule has 8 atom stereocenters. The summed E-state index contributed by atoms with van der Waals surface area (Å²) >= 11 is 0. The molecule has 8 unspecified atom stereocenters. The van der Waals surface area contributed by atoms with Gasteiger partial charge in [0, 0.05) is 76.5 Å². The number of methoxy groups -OCH3 is 1. The molecule has 4 aliphatic rings. The van der Waals surface area contributed by atoms with E-state index in [1.807, 2.05) is 29.0 Å². The lowest BCUT2D eigenvalue weighted by atomic mass is 9.69. The summed E-state index contributed by atoms with van der Waals surface area (Å²) in [4.78, 5) is 39.8. The normalized spacial score (nSPS) is 32.1. The molecule has 2 saturated carbocycles. The number of carbonyl (C=O) groups is 2. The fourth-order valence-electron chi connectivity index (χ4n) is 7.27. The first kappa shape index (κ1) is 28.9. The van der Waals surface area contributed by atoms with Gasteiger partial charge in [-0.15, -0.1) is 0 Å². The third-order valence-corrected chi connectivity index (χ3v) is 9.49. The number of imidazole rings is 1. The van der Waals surface area contributed by atoms with E-state index in [0.29, 0.717) is 25.9 Å². The lowest BCUT2D eigenvalue weighted by Gasteiger charge is -2.59. The molecular weight excluding hydrogens is 539 g/mol. The number of hydrogen-bond donors (Lipinski definition) is 1. The number of aromatic nitrogens is 3. The van der Waals surface area contributed by atoms with Crippen molar-refractivity contribution < 1.29 is 23.5 Å². The van der Waals surface area contributed by atoms with Gasteiger partial charge in [0.25, 0.3) is 5.91 Å². The molecule has 2 aromatic heterocycles. The van der Waals surface area contributed by atoms with Crippen LogP contribution in [0.4, 0.5) is 4.39 Å². The van der Waals surface area contributed by atoms with Crippen LogP contribution in [0, 0.1) is 5.92 Å². The van der Waals surface area contributed by atoms with Crippen molar-refractivity contribution in [3.8, 4) is 0 Å². The summed E-state index contributed by atoms with van der Waals surface area (Å²) in [7, 11) is 3.43. The molecule has 10 nitrogen and oxygen atoms in total. The second-order valence-corrected chi connectivity index (χ2v) is 12.0. The van der Waals surface area contributed by atoms with Crippen molar-refractivity contribution in [3.63, 3.8) is 0 Å².